The van der Waals surface area contributed by atoms with Crippen molar-refractivity contribution in [3.05, 3.63) is 0 Å². The summed E-state index contributed by atoms with van der Waals surface area (Å²) < 4.78 is 5.78. The van der Waals surface area contributed by atoms with Crippen LogP contribution in [0.25, 0.3) is 0 Å². The molecule has 0 heterocycles. The molecule has 0 aliphatic rings. The highest BCUT2D eigenvalue weighted by atomic mass is 16.5. The summed E-state index contributed by atoms with van der Waals surface area (Å²) in [7, 11) is 0. The highest BCUT2D eigenvalue weighted by Crippen LogP contribution is 2.15. The van der Waals surface area contributed by atoms with E-state index in [1.54, 1.807) is 0 Å². The molecule has 2 amide bonds. The molecule has 0 aromatic heterocycles. The summed E-state index contributed by atoms with van der Waals surface area (Å²) >= 11 is 0. The fraction of sp³-hybridized carbons (Fsp3) is 0.882. The predicted molar refractivity (Wildman–Crippen MR) is 99.8 cm³/mol. The lowest BCUT2D eigenvalue weighted by atomic mass is 10.0. The van der Waals surface area contributed by atoms with Crippen molar-refractivity contribution >= 4 is 11.8 Å². The molecule has 8 heteroatoms. The minimum atomic E-state index is -0.605. The molecular formula is C17H37N5O3. The van der Waals surface area contributed by atoms with Crippen molar-refractivity contribution in [1.29, 1.82) is 0 Å². The molecule has 25 heavy (non-hydrogen) atoms. The Morgan fingerprint density at radius 1 is 1.12 bits per heavy atom. The van der Waals surface area contributed by atoms with Crippen LogP contribution in [0.2, 0.25) is 0 Å². The molecule has 148 valence electrons. The van der Waals surface area contributed by atoms with Gasteiger partial charge >= 0.3 is 0 Å². The van der Waals surface area contributed by atoms with Crippen molar-refractivity contribution < 1.29 is 14.3 Å². The van der Waals surface area contributed by atoms with Crippen molar-refractivity contribution in [3.8, 4) is 0 Å². The topological polar surface area (TPSA) is 145 Å². The minimum absolute atomic E-state index is 0.0828. The average molecular weight is 360 g/mol. The molecule has 0 radical (unpaired) electrons. The highest BCUT2D eigenvalue weighted by molar-refractivity contribution is 5.87. The first kappa shape index (κ1) is 23.8. The monoisotopic (exact) mass is 359 g/mol. The Hall–Kier alpha value is -1.22. The smallest absolute Gasteiger partial charge is 0.239 e. The number of amides is 2. The van der Waals surface area contributed by atoms with Gasteiger partial charge in [-0.05, 0) is 53.5 Å². The molecule has 0 aliphatic heterocycles. The van der Waals surface area contributed by atoms with E-state index in [-0.39, 0.29) is 18.4 Å². The molecule has 0 aliphatic carbocycles. The largest absolute Gasteiger partial charge is 0.374 e. The molecule has 0 bridgehead atoms. The maximum atomic E-state index is 11.8. The maximum absolute atomic E-state index is 11.8. The normalized spacial score (nSPS) is 13.4. The van der Waals surface area contributed by atoms with E-state index in [0.29, 0.717) is 32.5 Å². The van der Waals surface area contributed by atoms with Crippen LogP contribution in [-0.2, 0) is 14.3 Å². The molecular weight excluding hydrogens is 322 g/mol. The van der Waals surface area contributed by atoms with E-state index in [2.05, 4.69) is 10.6 Å². The van der Waals surface area contributed by atoms with Gasteiger partial charge < -0.3 is 32.6 Å². The quantitative estimate of drug-likeness (QED) is 0.283. The Kier molecular flexibility index (Phi) is 10.8. The zero-order valence-electron chi connectivity index (χ0n) is 16.2. The number of carbonyl (C=O) groups excluding carboxylic acids is 2. The van der Waals surface area contributed by atoms with Crippen LogP contribution in [0.4, 0.5) is 0 Å². The number of hydrogen-bond acceptors (Lipinski definition) is 6. The van der Waals surface area contributed by atoms with Gasteiger partial charge in [0.2, 0.25) is 11.8 Å². The molecule has 0 aromatic rings. The molecule has 1 unspecified atom stereocenters. The Labute approximate surface area is 151 Å². The maximum Gasteiger partial charge on any atom is 0.239 e. The second-order valence-corrected chi connectivity index (χ2v) is 7.75. The summed E-state index contributed by atoms with van der Waals surface area (Å²) in [6, 6.07) is -0.605. The van der Waals surface area contributed by atoms with Gasteiger partial charge in [-0.2, -0.15) is 0 Å². The summed E-state index contributed by atoms with van der Waals surface area (Å²) in [5.74, 6) is -0.571. The van der Waals surface area contributed by atoms with Crippen LogP contribution in [0.5, 0.6) is 0 Å². The van der Waals surface area contributed by atoms with Crippen molar-refractivity contribution in [1.82, 2.24) is 10.6 Å². The lowest BCUT2D eigenvalue weighted by Gasteiger charge is -2.30. The molecule has 8 nitrogen and oxygen atoms in total. The Morgan fingerprint density at radius 3 is 2.32 bits per heavy atom. The van der Waals surface area contributed by atoms with Crippen LogP contribution in [0.3, 0.4) is 0 Å². The standard InChI is InChI=1S/C17H37N5O3/c1-16(2,20)12-25-17(3,4)8-10-21-14(23)11-22-15(24)13(19)7-5-6-9-18/h13H,5-12,18-20H2,1-4H3,(H,21,23)(H,22,24). The fourth-order valence-electron chi connectivity index (χ4n) is 1.96. The zero-order chi connectivity index (χ0) is 19.5. The van der Waals surface area contributed by atoms with Gasteiger partial charge in [0.15, 0.2) is 0 Å². The van der Waals surface area contributed by atoms with Gasteiger partial charge in [0.25, 0.3) is 0 Å². The molecule has 0 aromatic carbocycles. The van der Waals surface area contributed by atoms with Gasteiger partial charge in [0.05, 0.1) is 24.8 Å². The van der Waals surface area contributed by atoms with E-state index in [1.165, 1.54) is 0 Å². The minimum Gasteiger partial charge on any atom is -0.374 e. The summed E-state index contributed by atoms with van der Waals surface area (Å²) in [6.45, 7) is 9.09. The molecule has 0 rings (SSSR count). The van der Waals surface area contributed by atoms with Crippen LogP contribution in [0, 0.1) is 0 Å². The first-order valence-corrected chi connectivity index (χ1v) is 8.90. The van der Waals surface area contributed by atoms with Crippen LogP contribution < -0.4 is 27.8 Å². The SMILES string of the molecule is CC(C)(N)COC(C)(C)CCNC(=O)CNC(=O)C(N)CCCCN. The van der Waals surface area contributed by atoms with E-state index in [1.807, 2.05) is 27.7 Å². The number of nitrogens with one attached hydrogen (secondary N) is 2. The van der Waals surface area contributed by atoms with Gasteiger partial charge in [-0.15, -0.1) is 0 Å². The van der Waals surface area contributed by atoms with Crippen LogP contribution in [0.1, 0.15) is 53.4 Å². The summed E-state index contributed by atoms with van der Waals surface area (Å²) in [5.41, 5.74) is 16.3. The third kappa shape index (κ3) is 13.7. The summed E-state index contributed by atoms with van der Waals surface area (Å²) in [4.78, 5) is 23.6. The predicted octanol–water partition coefficient (Wildman–Crippen LogP) is -0.402. The highest BCUT2D eigenvalue weighted by Gasteiger charge is 2.22. The van der Waals surface area contributed by atoms with Crippen molar-refractivity contribution in [2.45, 2.75) is 70.6 Å². The number of ether oxygens (including phenoxy) is 1. The van der Waals surface area contributed by atoms with Crippen LogP contribution in [0.15, 0.2) is 0 Å². The number of rotatable bonds is 13. The van der Waals surface area contributed by atoms with Gasteiger partial charge in [-0.1, -0.05) is 6.42 Å². The van der Waals surface area contributed by atoms with E-state index in [9.17, 15) is 9.59 Å². The van der Waals surface area contributed by atoms with Crippen LogP contribution in [-0.4, -0.2) is 55.2 Å². The van der Waals surface area contributed by atoms with Gasteiger partial charge in [0, 0.05) is 12.1 Å². The Balaban J connectivity index is 3.94. The third-order valence-corrected chi connectivity index (χ3v) is 3.61. The zero-order valence-corrected chi connectivity index (χ0v) is 16.2. The second-order valence-electron chi connectivity index (χ2n) is 7.75. The molecule has 0 spiro atoms. The third-order valence-electron chi connectivity index (χ3n) is 3.61. The van der Waals surface area contributed by atoms with E-state index < -0.39 is 17.2 Å². The number of unbranched alkanes of at least 4 members (excludes halogenated alkanes) is 1. The molecule has 8 N–H and O–H groups in total. The summed E-state index contributed by atoms with van der Waals surface area (Å²) in [5, 5.41) is 5.31. The first-order chi connectivity index (χ1) is 11.5. The van der Waals surface area contributed by atoms with E-state index in [0.717, 1.165) is 12.8 Å². The van der Waals surface area contributed by atoms with E-state index >= 15 is 0 Å². The molecule has 0 saturated carbocycles. The first-order valence-electron chi connectivity index (χ1n) is 8.90. The second kappa shape index (κ2) is 11.4. The lowest BCUT2D eigenvalue weighted by Crippen LogP contribution is -2.46. The Morgan fingerprint density at radius 2 is 1.76 bits per heavy atom. The molecule has 0 fully saturated rings. The van der Waals surface area contributed by atoms with Gasteiger partial charge in [-0.25, -0.2) is 0 Å². The Bertz CT molecular complexity index is 408. The van der Waals surface area contributed by atoms with E-state index in [4.69, 9.17) is 21.9 Å². The van der Waals surface area contributed by atoms with Crippen LogP contribution >= 0.6 is 0 Å². The summed E-state index contributed by atoms with van der Waals surface area (Å²) in [6.07, 6.45) is 2.83. The van der Waals surface area contributed by atoms with Gasteiger partial charge in [0.1, 0.15) is 0 Å². The van der Waals surface area contributed by atoms with Crippen molar-refractivity contribution in [2.24, 2.45) is 17.2 Å². The lowest BCUT2D eigenvalue weighted by molar-refractivity contribution is -0.127. The number of carbonyl (C=O) groups is 2. The number of hydrogen-bond donors (Lipinski definition) is 5. The fourth-order valence-corrected chi connectivity index (χ4v) is 1.96. The molecule has 1 atom stereocenters. The van der Waals surface area contributed by atoms with Gasteiger partial charge in [-0.3, -0.25) is 9.59 Å². The number of nitrogens with two attached hydrogens (primary N) is 3. The average Bonchev–Trinajstić information content (AvgIpc) is 2.50. The van der Waals surface area contributed by atoms with Crippen molar-refractivity contribution in [2.75, 3.05) is 26.2 Å². The molecule has 0 saturated heterocycles. The van der Waals surface area contributed by atoms with Crippen molar-refractivity contribution in [3.63, 3.8) is 0 Å².